The lowest BCUT2D eigenvalue weighted by Crippen LogP contribution is -2.50. The second kappa shape index (κ2) is 9.09. The van der Waals surface area contributed by atoms with Gasteiger partial charge in [0, 0.05) is 36.8 Å². The Labute approximate surface area is 169 Å². The third kappa shape index (κ3) is 6.40. The van der Waals surface area contributed by atoms with E-state index in [0.717, 1.165) is 18.6 Å². The van der Waals surface area contributed by atoms with Crippen molar-refractivity contribution in [3.8, 4) is 0 Å². The van der Waals surface area contributed by atoms with Crippen molar-refractivity contribution in [2.24, 2.45) is 5.92 Å². The van der Waals surface area contributed by atoms with Crippen molar-refractivity contribution in [1.82, 2.24) is 10.1 Å². The van der Waals surface area contributed by atoms with Crippen LogP contribution >= 0.6 is 0 Å². The minimum Gasteiger partial charge on any atom is -0.480 e. The number of carbonyl (C=O) groups is 2. The zero-order chi connectivity index (χ0) is 21.8. The summed E-state index contributed by atoms with van der Waals surface area (Å²) in [7, 11) is 0. The number of hydrogen-bond acceptors (Lipinski definition) is 5. The molecule has 7 nitrogen and oxygen atoms in total. The number of halogens is 2. The van der Waals surface area contributed by atoms with Gasteiger partial charge in [-0.3, -0.25) is 4.79 Å². The van der Waals surface area contributed by atoms with Crippen LogP contribution in [0.1, 0.15) is 71.5 Å². The highest BCUT2D eigenvalue weighted by Gasteiger charge is 2.41. The fourth-order valence-electron chi connectivity index (χ4n) is 3.62. The molecule has 1 saturated carbocycles. The van der Waals surface area contributed by atoms with Crippen molar-refractivity contribution in [1.29, 1.82) is 0 Å². The number of aromatic nitrogens is 1. The summed E-state index contributed by atoms with van der Waals surface area (Å²) in [6.07, 6.45) is 1.83. The van der Waals surface area contributed by atoms with Crippen molar-refractivity contribution in [2.45, 2.75) is 83.1 Å². The van der Waals surface area contributed by atoms with Crippen molar-refractivity contribution in [2.75, 3.05) is 12.3 Å². The molecule has 1 amide bonds. The molecular formula is C20H31F2N3O4. The number of nitrogens with two attached hydrogens (primary N) is 1. The van der Waals surface area contributed by atoms with Gasteiger partial charge in [0.2, 0.25) is 11.8 Å². The molecule has 0 bridgehead atoms. The Morgan fingerprint density at radius 3 is 2.31 bits per heavy atom. The molecule has 1 aromatic heterocycles. The first-order valence-electron chi connectivity index (χ1n) is 10.0. The summed E-state index contributed by atoms with van der Waals surface area (Å²) in [4.78, 5) is 24.8. The summed E-state index contributed by atoms with van der Waals surface area (Å²) in [5.74, 6) is -3.06. The Balaban J connectivity index is 0.000000253. The predicted octanol–water partition coefficient (Wildman–Crippen LogP) is 3.83. The van der Waals surface area contributed by atoms with E-state index in [1.807, 2.05) is 20.8 Å². The molecule has 2 heterocycles. The van der Waals surface area contributed by atoms with Gasteiger partial charge in [0.25, 0.3) is 0 Å². The lowest BCUT2D eigenvalue weighted by Gasteiger charge is -2.37. The molecule has 1 saturated heterocycles. The zero-order valence-electron chi connectivity index (χ0n) is 17.3. The number of carboxylic acids is 1. The molecule has 1 aliphatic heterocycles. The Morgan fingerprint density at radius 2 is 1.86 bits per heavy atom. The van der Waals surface area contributed by atoms with E-state index in [9.17, 15) is 18.4 Å². The number of anilines is 1. The molecule has 0 unspecified atom stereocenters. The molecule has 0 aromatic carbocycles. The predicted molar refractivity (Wildman–Crippen MR) is 104 cm³/mol. The first-order valence-corrected chi connectivity index (χ1v) is 10.0. The van der Waals surface area contributed by atoms with E-state index in [0.29, 0.717) is 18.8 Å². The lowest BCUT2D eigenvalue weighted by molar-refractivity contribution is -0.155. The van der Waals surface area contributed by atoms with E-state index in [4.69, 9.17) is 15.4 Å². The maximum atomic E-state index is 13.1. The van der Waals surface area contributed by atoms with Crippen LogP contribution in [-0.2, 0) is 15.0 Å². The molecular weight excluding hydrogens is 384 g/mol. The van der Waals surface area contributed by atoms with Crippen molar-refractivity contribution >= 4 is 17.7 Å². The SMILES string of the molecule is CC(C)(C)c1cc(N)no1.O=C(O)[C@@H]1CCCCN1C(=O)C1CCC(F)(F)CC1. The minimum atomic E-state index is -2.66. The number of piperidine rings is 1. The highest BCUT2D eigenvalue weighted by atomic mass is 19.3. The van der Waals surface area contributed by atoms with E-state index < -0.39 is 23.9 Å². The van der Waals surface area contributed by atoms with Crippen LogP contribution in [0.4, 0.5) is 14.6 Å². The average Bonchev–Trinajstić information content (AvgIpc) is 3.08. The van der Waals surface area contributed by atoms with Gasteiger partial charge in [-0.15, -0.1) is 0 Å². The van der Waals surface area contributed by atoms with Gasteiger partial charge in [-0.2, -0.15) is 0 Å². The number of rotatable bonds is 2. The number of nitrogens with zero attached hydrogens (tertiary/aromatic N) is 2. The monoisotopic (exact) mass is 415 g/mol. The first-order chi connectivity index (χ1) is 13.4. The molecule has 1 aromatic rings. The molecule has 0 spiro atoms. The number of alkyl halides is 2. The number of hydrogen-bond donors (Lipinski definition) is 2. The number of amides is 1. The number of aliphatic carboxylic acids is 1. The molecule has 164 valence electrons. The highest BCUT2D eigenvalue weighted by Crippen LogP contribution is 2.37. The summed E-state index contributed by atoms with van der Waals surface area (Å²) in [6, 6.07) is 0.976. The van der Waals surface area contributed by atoms with Crippen LogP contribution in [0.3, 0.4) is 0 Å². The molecule has 3 N–H and O–H groups in total. The first kappa shape index (κ1) is 23.1. The molecule has 3 rings (SSSR count). The minimum absolute atomic E-state index is 0.00458. The van der Waals surface area contributed by atoms with E-state index in [2.05, 4.69) is 5.16 Å². The summed E-state index contributed by atoms with van der Waals surface area (Å²) in [6.45, 7) is 6.58. The van der Waals surface area contributed by atoms with Gasteiger partial charge < -0.3 is 20.3 Å². The van der Waals surface area contributed by atoms with Crippen molar-refractivity contribution in [3.05, 3.63) is 11.8 Å². The van der Waals surface area contributed by atoms with Crippen LogP contribution in [0.15, 0.2) is 10.6 Å². The van der Waals surface area contributed by atoms with Gasteiger partial charge in [-0.05, 0) is 32.1 Å². The molecule has 2 aliphatic rings. The van der Waals surface area contributed by atoms with Gasteiger partial charge in [0.1, 0.15) is 11.8 Å². The van der Waals surface area contributed by atoms with E-state index >= 15 is 0 Å². The van der Waals surface area contributed by atoms with Crippen LogP contribution in [0, 0.1) is 5.92 Å². The number of nitrogen functional groups attached to an aromatic ring is 1. The fourth-order valence-corrected chi connectivity index (χ4v) is 3.62. The molecule has 1 atom stereocenters. The Hall–Kier alpha value is -2.19. The molecule has 1 aliphatic carbocycles. The highest BCUT2D eigenvalue weighted by molar-refractivity contribution is 5.85. The number of carbonyl (C=O) groups excluding carboxylic acids is 1. The van der Waals surface area contributed by atoms with Crippen LogP contribution < -0.4 is 5.73 Å². The maximum Gasteiger partial charge on any atom is 0.326 e. The van der Waals surface area contributed by atoms with Crippen LogP contribution in [0.2, 0.25) is 0 Å². The Bertz CT molecular complexity index is 705. The third-order valence-corrected chi connectivity index (χ3v) is 5.40. The summed E-state index contributed by atoms with van der Waals surface area (Å²) in [5, 5.41) is 12.7. The number of carboxylic acid groups (broad SMARTS) is 1. The van der Waals surface area contributed by atoms with Crippen LogP contribution in [-0.4, -0.2) is 45.5 Å². The number of likely N-dealkylation sites (tertiary alicyclic amines) is 1. The van der Waals surface area contributed by atoms with Gasteiger partial charge in [-0.25, -0.2) is 13.6 Å². The topological polar surface area (TPSA) is 110 Å². The van der Waals surface area contributed by atoms with E-state index in [1.165, 1.54) is 4.90 Å². The van der Waals surface area contributed by atoms with Gasteiger partial charge in [-0.1, -0.05) is 25.9 Å². The third-order valence-electron chi connectivity index (χ3n) is 5.40. The maximum absolute atomic E-state index is 13.1. The second-order valence-electron chi connectivity index (χ2n) is 8.88. The summed E-state index contributed by atoms with van der Waals surface area (Å²) < 4.78 is 31.1. The van der Waals surface area contributed by atoms with Crippen LogP contribution in [0.5, 0.6) is 0 Å². The quantitative estimate of drug-likeness (QED) is 0.760. The molecule has 29 heavy (non-hydrogen) atoms. The molecule has 9 heteroatoms. The van der Waals surface area contributed by atoms with E-state index in [-0.39, 0.29) is 37.0 Å². The summed E-state index contributed by atoms with van der Waals surface area (Å²) >= 11 is 0. The van der Waals surface area contributed by atoms with Gasteiger partial charge in [0.05, 0.1) is 0 Å². The fraction of sp³-hybridized carbons (Fsp3) is 0.750. The largest absolute Gasteiger partial charge is 0.480 e. The van der Waals surface area contributed by atoms with Gasteiger partial charge in [0.15, 0.2) is 5.82 Å². The average molecular weight is 415 g/mol. The smallest absolute Gasteiger partial charge is 0.326 e. The lowest BCUT2D eigenvalue weighted by atomic mass is 9.85. The van der Waals surface area contributed by atoms with Crippen molar-refractivity contribution < 1.29 is 28.0 Å². The van der Waals surface area contributed by atoms with Crippen molar-refractivity contribution in [3.63, 3.8) is 0 Å². The zero-order valence-corrected chi connectivity index (χ0v) is 17.3. The second-order valence-corrected chi connectivity index (χ2v) is 8.88. The normalized spacial score (nSPS) is 22.5. The van der Waals surface area contributed by atoms with Crippen LogP contribution in [0.25, 0.3) is 0 Å². The molecule has 0 radical (unpaired) electrons. The van der Waals surface area contributed by atoms with Gasteiger partial charge >= 0.3 is 5.97 Å². The standard InChI is InChI=1S/C13H19F2NO3.C7H12N2O/c14-13(15)6-4-9(5-7-13)11(17)16-8-2-1-3-10(16)12(18)19;1-7(2,3)5-4-6(8)9-10-5/h9-10H,1-8H2,(H,18,19);4H,1-3H3,(H2,8,9)/t10-;/m0./s1. The molecule has 2 fully saturated rings. The Morgan fingerprint density at radius 1 is 1.24 bits per heavy atom. The summed E-state index contributed by atoms with van der Waals surface area (Å²) in [5.41, 5.74) is 5.38. The Kier molecular flexibility index (Phi) is 7.24. The van der Waals surface area contributed by atoms with E-state index in [1.54, 1.807) is 6.07 Å².